The summed E-state index contributed by atoms with van der Waals surface area (Å²) in [6, 6.07) is 6.75. The highest BCUT2D eigenvalue weighted by Crippen LogP contribution is 2.19. The van der Waals surface area contributed by atoms with Gasteiger partial charge in [0, 0.05) is 7.05 Å². The molecule has 0 bridgehead atoms. The van der Waals surface area contributed by atoms with Crippen LogP contribution in [-0.2, 0) is 21.2 Å². The fraction of sp³-hybridized carbons (Fsp3) is 0.231. The molecule has 1 aromatic carbocycles. The maximum atomic E-state index is 12.2. The standard InChI is InChI=1S/C13H16N4O3S/c1-9-15-8-13(16-9)21(19,20)17-11-6-4-3-5-10(11)7-12(18)14-2/h3-6,8,17H,7H2,1-2H3,(H,14,18)(H,15,16). The van der Waals surface area contributed by atoms with E-state index in [0.29, 0.717) is 17.1 Å². The van der Waals surface area contributed by atoms with Crippen molar-refractivity contribution in [3.8, 4) is 0 Å². The lowest BCUT2D eigenvalue weighted by molar-refractivity contribution is -0.119. The summed E-state index contributed by atoms with van der Waals surface area (Å²) in [5.74, 6) is 0.313. The number of anilines is 1. The number of nitrogens with one attached hydrogen (secondary N) is 3. The lowest BCUT2D eigenvalue weighted by Crippen LogP contribution is -2.21. The van der Waals surface area contributed by atoms with Crippen LogP contribution in [0.25, 0.3) is 0 Å². The van der Waals surface area contributed by atoms with Gasteiger partial charge >= 0.3 is 0 Å². The van der Waals surface area contributed by atoms with Crippen LogP contribution < -0.4 is 10.0 Å². The van der Waals surface area contributed by atoms with Crippen LogP contribution in [0.5, 0.6) is 0 Å². The summed E-state index contributed by atoms with van der Waals surface area (Å²) in [4.78, 5) is 18.0. The van der Waals surface area contributed by atoms with Crippen LogP contribution in [0.4, 0.5) is 5.69 Å². The normalized spacial score (nSPS) is 11.1. The van der Waals surface area contributed by atoms with E-state index in [4.69, 9.17) is 0 Å². The Balaban J connectivity index is 2.29. The van der Waals surface area contributed by atoms with E-state index in [2.05, 4.69) is 20.0 Å². The van der Waals surface area contributed by atoms with E-state index >= 15 is 0 Å². The Morgan fingerprint density at radius 3 is 2.67 bits per heavy atom. The third-order valence-electron chi connectivity index (χ3n) is 2.86. The monoisotopic (exact) mass is 308 g/mol. The highest BCUT2D eigenvalue weighted by atomic mass is 32.2. The summed E-state index contributed by atoms with van der Waals surface area (Å²) >= 11 is 0. The van der Waals surface area contributed by atoms with Crippen molar-refractivity contribution in [2.24, 2.45) is 0 Å². The number of carbonyl (C=O) groups excluding carboxylic acids is 1. The van der Waals surface area contributed by atoms with Crippen molar-refractivity contribution >= 4 is 21.6 Å². The Labute approximate surface area is 122 Å². The van der Waals surface area contributed by atoms with Gasteiger partial charge in [0.2, 0.25) is 5.91 Å². The van der Waals surface area contributed by atoms with E-state index in [0.717, 1.165) is 0 Å². The van der Waals surface area contributed by atoms with E-state index < -0.39 is 10.0 Å². The van der Waals surface area contributed by atoms with E-state index in [-0.39, 0.29) is 17.4 Å². The molecule has 0 atom stereocenters. The number of likely N-dealkylation sites (N-methyl/N-ethyl adjacent to an activating group) is 1. The summed E-state index contributed by atoms with van der Waals surface area (Å²) in [5, 5.41) is 2.49. The molecular weight excluding hydrogens is 292 g/mol. The smallest absolute Gasteiger partial charge is 0.278 e. The molecule has 1 aromatic heterocycles. The topological polar surface area (TPSA) is 104 Å². The third-order valence-corrected chi connectivity index (χ3v) is 4.14. The van der Waals surface area contributed by atoms with Gasteiger partial charge < -0.3 is 10.3 Å². The molecule has 7 nitrogen and oxygen atoms in total. The Bertz CT molecular complexity index is 752. The van der Waals surface area contributed by atoms with Crippen molar-refractivity contribution in [1.82, 2.24) is 15.3 Å². The summed E-state index contributed by atoms with van der Waals surface area (Å²) in [6.07, 6.45) is 1.34. The Morgan fingerprint density at radius 1 is 1.33 bits per heavy atom. The minimum atomic E-state index is -3.76. The third kappa shape index (κ3) is 3.60. The molecule has 112 valence electrons. The van der Waals surface area contributed by atoms with Crippen LogP contribution in [0.2, 0.25) is 0 Å². The van der Waals surface area contributed by atoms with Crippen molar-refractivity contribution in [2.45, 2.75) is 18.4 Å². The van der Waals surface area contributed by atoms with Gasteiger partial charge in [-0.05, 0) is 18.6 Å². The Hall–Kier alpha value is -2.35. The number of hydrogen-bond donors (Lipinski definition) is 3. The molecule has 21 heavy (non-hydrogen) atoms. The molecule has 0 unspecified atom stereocenters. The molecule has 8 heteroatoms. The molecule has 0 radical (unpaired) electrons. The Kier molecular flexibility index (Phi) is 4.27. The molecule has 0 spiro atoms. The number of benzene rings is 1. The number of rotatable bonds is 5. The van der Waals surface area contributed by atoms with Crippen molar-refractivity contribution in [3.05, 3.63) is 41.9 Å². The fourth-order valence-corrected chi connectivity index (χ4v) is 2.84. The largest absolute Gasteiger partial charge is 0.359 e. The summed E-state index contributed by atoms with van der Waals surface area (Å²) < 4.78 is 26.9. The number of amides is 1. The second-order valence-corrected chi connectivity index (χ2v) is 6.10. The number of aromatic amines is 1. The highest BCUT2D eigenvalue weighted by Gasteiger charge is 2.18. The van der Waals surface area contributed by atoms with Crippen molar-refractivity contribution in [2.75, 3.05) is 11.8 Å². The van der Waals surface area contributed by atoms with Crippen LogP contribution in [0.15, 0.2) is 35.5 Å². The minimum absolute atomic E-state index is 0.0188. The van der Waals surface area contributed by atoms with Gasteiger partial charge in [0.1, 0.15) is 5.82 Å². The second-order valence-electron chi connectivity index (χ2n) is 4.45. The molecule has 0 saturated carbocycles. The van der Waals surface area contributed by atoms with Crippen molar-refractivity contribution < 1.29 is 13.2 Å². The van der Waals surface area contributed by atoms with E-state index in [9.17, 15) is 13.2 Å². The van der Waals surface area contributed by atoms with E-state index in [1.807, 2.05) is 0 Å². The molecule has 2 aromatic rings. The molecule has 0 saturated heterocycles. The predicted molar refractivity (Wildman–Crippen MR) is 78.3 cm³/mol. The molecule has 0 aliphatic carbocycles. The first-order valence-corrected chi connectivity index (χ1v) is 7.73. The first kappa shape index (κ1) is 15.0. The molecule has 0 aliphatic rings. The number of para-hydroxylation sites is 1. The maximum Gasteiger partial charge on any atom is 0.278 e. The fourth-order valence-electron chi connectivity index (χ4n) is 1.77. The number of imidazole rings is 1. The average Bonchev–Trinajstić information content (AvgIpc) is 2.88. The van der Waals surface area contributed by atoms with Gasteiger partial charge in [0.25, 0.3) is 10.0 Å². The highest BCUT2D eigenvalue weighted by molar-refractivity contribution is 7.92. The number of carbonyl (C=O) groups is 1. The molecule has 3 N–H and O–H groups in total. The predicted octanol–water partition coefficient (Wildman–Crippen LogP) is 0.807. The first-order chi connectivity index (χ1) is 9.92. The van der Waals surface area contributed by atoms with Crippen LogP contribution in [-0.4, -0.2) is 31.3 Å². The van der Waals surface area contributed by atoms with Gasteiger partial charge in [0.15, 0.2) is 5.03 Å². The summed E-state index contributed by atoms with van der Waals surface area (Å²) in [5.41, 5.74) is 0.963. The minimum Gasteiger partial charge on any atom is -0.359 e. The van der Waals surface area contributed by atoms with Crippen molar-refractivity contribution in [1.29, 1.82) is 0 Å². The molecule has 0 aliphatic heterocycles. The first-order valence-electron chi connectivity index (χ1n) is 6.25. The van der Waals surface area contributed by atoms with Gasteiger partial charge in [-0.15, -0.1) is 0 Å². The maximum absolute atomic E-state index is 12.2. The SMILES string of the molecule is CNC(=O)Cc1ccccc1NS(=O)(=O)c1cnc(C)[nH]1. The number of H-pyrrole nitrogens is 1. The van der Waals surface area contributed by atoms with Gasteiger partial charge in [-0.2, -0.15) is 8.42 Å². The average molecular weight is 308 g/mol. The van der Waals surface area contributed by atoms with E-state index in [1.54, 1.807) is 31.2 Å². The lowest BCUT2D eigenvalue weighted by Gasteiger charge is -2.11. The zero-order valence-electron chi connectivity index (χ0n) is 11.7. The van der Waals surface area contributed by atoms with Crippen LogP contribution >= 0.6 is 0 Å². The van der Waals surface area contributed by atoms with Gasteiger partial charge in [-0.1, -0.05) is 18.2 Å². The quantitative estimate of drug-likeness (QED) is 0.760. The Morgan fingerprint density at radius 2 is 2.05 bits per heavy atom. The van der Waals surface area contributed by atoms with Crippen LogP contribution in [0.1, 0.15) is 11.4 Å². The van der Waals surface area contributed by atoms with Crippen LogP contribution in [0.3, 0.4) is 0 Å². The molecule has 0 fully saturated rings. The van der Waals surface area contributed by atoms with Gasteiger partial charge in [-0.3, -0.25) is 9.52 Å². The van der Waals surface area contributed by atoms with Crippen molar-refractivity contribution in [3.63, 3.8) is 0 Å². The zero-order chi connectivity index (χ0) is 15.5. The van der Waals surface area contributed by atoms with Crippen LogP contribution in [0, 0.1) is 6.92 Å². The second kappa shape index (κ2) is 5.96. The van der Waals surface area contributed by atoms with Gasteiger partial charge in [0.05, 0.1) is 18.3 Å². The lowest BCUT2D eigenvalue weighted by atomic mass is 10.1. The zero-order valence-corrected chi connectivity index (χ0v) is 12.5. The number of aryl methyl sites for hydroxylation is 1. The molecule has 2 rings (SSSR count). The molecule has 1 amide bonds. The summed E-state index contributed by atoms with van der Waals surface area (Å²) in [7, 11) is -2.23. The van der Waals surface area contributed by atoms with E-state index in [1.165, 1.54) is 13.2 Å². The molecule has 1 heterocycles. The number of hydrogen-bond acceptors (Lipinski definition) is 4. The number of nitrogens with zero attached hydrogens (tertiary/aromatic N) is 1. The number of sulfonamides is 1. The summed E-state index contributed by atoms with van der Waals surface area (Å²) in [6.45, 7) is 1.67. The molecular formula is C13H16N4O3S. The van der Waals surface area contributed by atoms with Gasteiger partial charge in [-0.25, -0.2) is 4.98 Å². The number of aromatic nitrogens is 2.